The van der Waals surface area contributed by atoms with Crippen LogP contribution in [0.4, 0.5) is 17.3 Å². The molecule has 1 aliphatic heterocycles. The normalized spacial score (nSPS) is 16.6. The van der Waals surface area contributed by atoms with Crippen molar-refractivity contribution in [2.75, 3.05) is 29.0 Å². The highest BCUT2D eigenvalue weighted by atomic mass is 15.2. The summed E-state index contributed by atoms with van der Waals surface area (Å²) in [5, 5.41) is 3.45. The van der Waals surface area contributed by atoms with Gasteiger partial charge < -0.3 is 16.0 Å². The monoisotopic (exact) mass is 431 g/mol. The van der Waals surface area contributed by atoms with Crippen molar-refractivity contribution in [1.82, 2.24) is 9.97 Å². The summed E-state index contributed by atoms with van der Waals surface area (Å²) in [6, 6.07) is 0.504. The summed E-state index contributed by atoms with van der Waals surface area (Å²) in [5.74, 6) is 1.71. The highest BCUT2D eigenvalue weighted by molar-refractivity contribution is 5.75. The van der Waals surface area contributed by atoms with Crippen molar-refractivity contribution < 1.29 is 0 Å². The van der Waals surface area contributed by atoms with E-state index >= 15 is 0 Å². The van der Waals surface area contributed by atoms with Crippen LogP contribution in [-0.4, -0.2) is 29.1 Å². The van der Waals surface area contributed by atoms with E-state index in [1.165, 1.54) is 109 Å². The van der Waals surface area contributed by atoms with Crippen LogP contribution in [0, 0.1) is 0 Å². The summed E-state index contributed by atoms with van der Waals surface area (Å²) in [5.41, 5.74) is 7.12. The van der Waals surface area contributed by atoms with E-state index in [1.54, 1.807) is 6.33 Å². The Labute approximate surface area is 192 Å². The molecular weight excluding hydrogens is 382 g/mol. The summed E-state index contributed by atoms with van der Waals surface area (Å²) in [6.45, 7) is 6.54. The van der Waals surface area contributed by atoms with E-state index in [1.807, 2.05) is 0 Å². The van der Waals surface area contributed by atoms with Gasteiger partial charge in [0, 0.05) is 19.1 Å². The quantitative estimate of drug-likeness (QED) is 0.253. The van der Waals surface area contributed by atoms with Crippen molar-refractivity contribution >= 4 is 17.3 Å². The molecule has 5 nitrogen and oxygen atoms in total. The third-order valence-corrected chi connectivity index (χ3v) is 6.76. The van der Waals surface area contributed by atoms with Crippen LogP contribution in [0.1, 0.15) is 123 Å². The molecule has 0 amide bonds. The predicted octanol–water partition coefficient (Wildman–Crippen LogP) is 7.33. The number of nitrogens with two attached hydrogens (primary N) is 1. The number of anilines is 3. The summed E-state index contributed by atoms with van der Waals surface area (Å²) >= 11 is 0. The van der Waals surface area contributed by atoms with Crippen molar-refractivity contribution in [1.29, 1.82) is 0 Å². The van der Waals surface area contributed by atoms with Crippen LogP contribution >= 0.6 is 0 Å². The second kappa shape index (κ2) is 16.2. The number of nitrogen functional groups attached to an aromatic ring is 1. The zero-order valence-electron chi connectivity index (χ0n) is 20.5. The van der Waals surface area contributed by atoms with Crippen LogP contribution in [-0.2, 0) is 0 Å². The van der Waals surface area contributed by atoms with Gasteiger partial charge in [-0.05, 0) is 32.6 Å². The molecule has 0 aromatic carbocycles. The van der Waals surface area contributed by atoms with Gasteiger partial charge in [0.05, 0.1) is 0 Å². The maximum absolute atomic E-state index is 6.41. The minimum atomic E-state index is 0.504. The van der Waals surface area contributed by atoms with Crippen LogP contribution in [0.25, 0.3) is 0 Å². The minimum Gasteiger partial charge on any atom is -0.393 e. The van der Waals surface area contributed by atoms with Crippen LogP contribution < -0.4 is 16.0 Å². The van der Waals surface area contributed by atoms with Crippen molar-refractivity contribution in [3.05, 3.63) is 6.33 Å². The number of nitrogens with one attached hydrogen (secondary N) is 1. The fourth-order valence-corrected chi connectivity index (χ4v) is 4.70. The maximum Gasteiger partial charge on any atom is 0.157 e. The summed E-state index contributed by atoms with van der Waals surface area (Å²) < 4.78 is 0. The molecule has 3 N–H and O–H groups in total. The van der Waals surface area contributed by atoms with Gasteiger partial charge >= 0.3 is 0 Å². The molecule has 2 rings (SSSR count). The number of nitrogens with zero attached hydrogens (tertiary/aromatic N) is 3. The smallest absolute Gasteiger partial charge is 0.157 e. The van der Waals surface area contributed by atoms with Crippen molar-refractivity contribution in [2.45, 2.75) is 129 Å². The fraction of sp³-hybridized carbons (Fsp3) is 0.846. The molecule has 1 saturated heterocycles. The van der Waals surface area contributed by atoms with Crippen molar-refractivity contribution in [3.63, 3.8) is 0 Å². The first-order chi connectivity index (χ1) is 15.2. The van der Waals surface area contributed by atoms with E-state index in [0.29, 0.717) is 11.7 Å². The lowest BCUT2D eigenvalue weighted by Crippen LogP contribution is -2.38. The number of aromatic nitrogens is 2. The molecule has 2 heterocycles. The second-order valence-electron chi connectivity index (χ2n) is 9.52. The first-order valence-corrected chi connectivity index (χ1v) is 13.3. The van der Waals surface area contributed by atoms with Crippen LogP contribution in [0.15, 0.2) is 6.33 Å². The number of hydrogen-bond donors (Lipinski definition) is 2. The molecule has 0 saturated carbocycles. The first-order valence-electron chi connectivity index (χ1n) is 13.3. The van der Waals surface area contributed by atoms with Gasteiger partial charge in [0.1, 0.15) is 12.0 Å². The number of rotatable bonds is 17. The fourth-order valence-electron chi connectivity index (χ4n) is 4.70. The van der Waals surface area contributed by atoms with Gasteiger partial charge in [0.2, 0.25) is 0 Å². The SMILES string of the molecule is CCCCCCCCCCCCCCCCNc1ncnc(N2CCCCC2C)c1N. The molecule has 31 heavy (non-hydrogen) atoms. The number of piperidine rings is 1. The topological polar surface area (TPSA) is 67.1 Å². The third-order valence-electron chi connectivity index (χ3n) is 6.76. The summed E-state index contributed by atoms with van der Waals surface area (Å²) in [4.78, 5) is 11.2. The third kappa shape index (κ3) is 10.1. The Morgan fingerprint density at radius 3 is 2.03 bits per heavy atom. The molecule has 5 heteroatoms. The van der Waals surface area contributed by atoms with Gasteiger partial charge in [-0.1, -0.05) is 90.4 Å². The molecular formula is C26H49N5. The van der Waals surface area contributed by atoms with E-state index in [2.05, 4.69) is 34.0 Å². The minimum absolute atomic E-state index is 0.504. The molecule has 1 aromatic heterocycles. The largest absolute Gasteiger partial charge is 0.393 e. The maximum atomic E-state index is 6.41. The molecule has 1 fully saturated rings. The lowest BCUT2D eigenvalue weighted by molar-refractivity contribution is 0.481. The van der Waals surface area contributed by atoms with E-state index in [4.69, 9.17) is 5.73 Å². The Morgan fingerprint density at radius 2 is 1.45 bits per heavy atom. The molecule has 1 unspecified atom stereocenters. The summed E-state index contributed by atoms with van der Waals surface area (Å²) in [7, 11) is 0. The number of unbranched alkanes of at least 4 members (excludes halogenated alkanes) is 13. The lowest BCUT2D eigenvalue weighted by Gasteiger charge is -2.35. The van der Waals surface area contributed by atoms with E-state index in [9.17, 15) is 0 Å². The molecule has 0 aliphatic carbocycles. The van der Waals surface area contributed by atoms with Gasteiger partial charge in [-0.15, -0.1) is 0 Å². The van der Waals surface area contributed by atoms with Gasteiger partial charge in [0.25, 0.3) is 0 Å². The molecule has 1 aliphatic rings. The Hall–Kier alpha value is -1.52. The van der Waals surface area contributed by atoms with Gasteiger partial charge in [-0.25, -0.2) is 9.97 Å². The Kier molecular flexibility index (Phi) is 13.4. The van der Waals surface area contributed by atoms with E-state index in [0.717, 1.165) is 24.7 Å². The predicted molar refractivity (Wildman–Crippen MR) is 136 cm³/mol. The van der Waals surface area contributed by atoms with Crippen molar-refractivity contribution in [2.24, 2.45) is 0 Å². The highest BCUT2D eigenvalue weighted by Gasteiger charge is 2.22. The van der Waals surface area contributed by atoms with Gasteiger partial charge in [0.15, 0.2) is 11.6 Å². The Morgan fingerprint density at radius 1 is 0.871 bits per heavy atom. The summed E-state index contributed by atoms with van der Waals surface area (Å²) in [6.07, 6.45) is 24.8. The average molecular weight is 432 g/mol. The zero-order chi connectivity index (χ0) is 22.2. The van der Waals surface area contributed by atoms with E-state index < -0.39 is 0 Å². The molecule has 0 radical (unpaired) electrons. The number of hydrogen-bond acceptors (Lipinski definition) is 5. The highest BCUT2D eigenvalue weighted by Crippen LogP contribution is 2.30. The average Bonchev–Trinajstić information content (AvgIpc) is 2.78. The van der Waals surface area contributed by atoms with Crippen molar-refractivity contribution in [3.8, 4) is 0 Å². The van der Waals surface area contributed by atoms with Crippen LogP contribution in [0.3, 0.4) is 0 Å². The van der Waals surface area contributed by atoms with Crippen LogP contribution in [0.2, 0.25) is 0 Å². The van der Waals surface area contributed by atoms with Gasteiger partial charge in [-0.3, -0.25) is 0 Å². The van der Waals surface area contributed by atoms with Gasteiger partial charge in [-0.2, -0.15) is 0 Å². The standard InChI is InChI=1S/C26H49N5/c1-3-4-5-6-7-8-9-10-11-12-13-14-15-17-20-28-25-24(27)26(30-22-29-25)31-21-18-16-19-23(31)2/h22-23H,3-21,27H2,1-2H3,(H,28,29,30). The Balaban J connectivity index is 1.48. The molecule has 0 bridgehead atoms. The molecule has 1 atom stereocenters. The van der Waals surface area contributed by atoms with Crippen LogP contribution in [0.5, 0.6) is 0 Å². The molecule has 178 valence electrons. The first kappa shape index (κ1) is 25.7. The van der Waals surface area contributed by atoms with E-state index in [-0.39, 0.29) is 0 Å². The lowest BCUT2D eigenvalue weighted by atomic mass is 10.0. The molecule has 0 spiro atoms. The second-order valence-corrected chi connectivity index (χ2v) is 9.52. The Bertz CT molecular complexity index is 577. The molecule has 1 aromatic rings. The zero-order valence-corrected chi connectivity index (χ0v) is 20.5.